The molecule has 2 heterocycles. The van der Waals surface area contributed by atoms with Crippen molar-refractivity contribution in [3.63, 3.8) is 0 Å². The average Bonchev–Trinajstić information content (AvgIpc) is 3.10. The van der Waals surface area contributed by atoms with Gasteiger partial charge in [0.15, 0.2) is 0 Å². The summed E-state index contributed by atoms with van der Waals surface area (Å²) in [4.78, 5) is 13.6. The number of hydrogen-bond acceptors (Lipinski definition) is 6. The van der Waals surface area contributed by atoms with E-state index in [-0.39, 0.29) is 11.6 Å². The summed E-state index contributed by atoms with van der Waals surface area (Å²) in [5, 5.41) is 13.6. The van der Waals surface area contributed by atoms with E-state index in [0.29, 0.717) is 41.9 Å². The molecule has 0 radical (unpaired) electrons. The molecule has 0 amide bonds. The van der Waals surface area contributed by atoms with E-state index in [1.807, 2.05) is 66.8 Å². The Morgan fingerprint density at radius 3 is 1.80 bits per heavy atom. The van der Waals surface area contributed by atoms with Gasteiger partial charge in [-0.05, 0) is 108 Å². The van der Waals surface area contributed by atoms with Crippen LogP contribution in [0.4, 0.5) is 20.2 Å². The van der Waals surface area contributed by atoms with Gasteiger partial charge in [-0.1, -0.05) is 41.4 Å². The molecule has 6 nitrogen and oxygen atoms in total. The van der Waals surface area contributed by atoms with Crippen LogP contribution < -0.4 is 16.0 Å². The number of aromatic nitrogens is 2. The lowest BCUT2D eigenvalue weighted by molar-refractivity contribution is 0.627. The second-order valence-electron chi connectivity index (χ2n) is 11.0. The molecule has 2 aromatic heterocycles. The second-order valence-corrected chi connectivity index (χ2v) is 11.9. The number of rotatable bonds is 13. The fraction of sp³-hybridized carbons (Fsp3) is 0.103. The van der Waals surface area contributed by atoms with Gasteiger partial charge in [0.05, 0.1) is 23.3 Å². The zero-order chi connectivity index (χ0) is 34.0. The molecule has 0 aliphatic carbocycles. The topological polar surface area (TPSA) is 74.2 Å². The molecular weight excluding hydrogens is 661 g/mol. The molecule has 4 aromatic carbocycles. The van der Waals surface area contributed by atoms with Gasteiger partial charge in [-0.25, -0.2) is 8.78 Å². The van der Waals surface area contributed by atoms with E-state index in [9.17, 15) is 8.78 Å². The summed E-state index contributed by atoms with van der Waals surface area (Å²) < 4.78 is 27.6. The molecule has 6 aromatic rings. The Balaban J connectivity index is 1.17. The summed E-state index contributed by atoms with van der Waals surface area (Å²) in [5.74, 6) is -0.633. The number of fused-ring (bicyclic) bond motifs is 2. The molecule has 0 bridgehead atoms. The quantitative estimate of drug-likeness (QED) is 0.0639. The van der Waals surface area contributed by atoms with Gasteiger partial charge < -0.3 is 16.0 Å². The first-order valence-corrected chi connectivity index (χ1v) is 16.4. The van der Waals surface area contributed by atoms with Crippen molar-refractivity contribution in [2.45, 2.75) is 0 Å². The van der Waals surface area contributed by atoms with Crippen LogP contribution in [-0.4, -0.2) is 41.9 Å². The van der Waals surface area contributed by atoms with Crippen molar-refractivity contribution in [1.29, 1.82) is 0 Å². The molecule has 0 aliphatic rings. The van der Waals surface area contributed by atoms with E-state index < -0.39 is 0 Å². The maximum atomic E-state index is 13.8. The van der Waals surface area contributed by atoms with Crippen molar-refractivity contribution < 1.29 is 8.78 Å². The summed E-state index contributed by atoms with van der Waals surface area (Å²) in [6.07, 6.45) is 9.17. The van der Waals surface area contributed by atoms with Crippen molar-refractivity contribution in [1.82, 2.24) is 15.3 Å². The summed E-state index contributed by atoms with van der Waals surface area (Å²) in [6, 6.07) is 27.6. The molecule has 0 saturated heterocycles. The third kappa shape index (κ3) is 8.99. The minimum atomic E-state index is -0.321. The smallest absolute Gasteiger partial charge is 0.123 e. The first-order chi connectivity index (χ1) is 23.9. The molecule has 0 fully saturated rings. The Morgan fingerprint density at radius 2 is 1.20 bits per heavy atom. The van der Waals surface area contributed by atoms with Crippen molar-refractivity contribution in [3.05, 3.63) is 160 Å². The maximum absolute atomic E-state index is 13.8. The number of anilines is 2. The lowest BCUT2D eigenvalue weighted by atomic mass is 10.1. The van der Waals surface area contributed by atoms with Crippen molar-refractivity contribution in [2.24, 2.45) is 4.99 Å². The van der Waals surface area contributed by atoms with Crippen LogP contribution in [0.2, 0.25) is 10.0 Å². The summed E-state index contributed by atoms with van der Waals surface area (Å²) in [7, 11) is 0. The third-order valence-corrected chi connectivity index (χ3v) is 8.16. The first-order valence-electron chi connectivity index (χ1n) is 15.7. The molecule has 0 atom stereocenters. The third-order valence-electron chi connectivity index (χ3n) is 7.69. The van der Waals surface area contributed by atoms with Gasteiger partial charge in [-0.2, -0.15) is 0 Å². The van der Waals surface area contributed by atoms with E-state index in [0.717, 1.165) is 50.0 Å². The van der Waals surface area contributed by atoms with Crippen LogP contribution in [0.1, 0.15) is 11.1 Å². The van der Waals surface area contributed by atoms with Gasteiger partial charge in [0.2, 0.25) is 0 Å². The summed E-state index contributed by atoms with van der Waals surface area (Å²) >= 11 is 12.3. The highest BCUT2D eigenvalue weighted by atomic mass is 35.5. The number of nitrogens with zero attached hydrogens (tertiary/aromatic N) is 3. The van der Waals surface area contributed by atoms with Gasteiger partial charge in [-0.15, -0.1) is 0 Å². The Morgan fingerprint density at radius 1 is 0.653 bits per heavy atom. The lowest BCUT2D eigenvalue weighted by Gasteiger charge is -2.13. The monoisotopic (exact) mass is 692 g/mol. The Bertz CT molecular complexity index is 2150. The van der Waals surface area contributed by atoms with Gasteiger partial charge in [0.1, 0.15) is 11.6 Å². The minimum absolute atomic E-state index is 0.312. The average molecular weight is 694 g/mol. The van der Waals surface area contributed by atoms with E-state index in [4.69, 9.17) is 28.2 Å². The number of hydrogen-bond donors (Lipinski definition) is 3. The SMILES string of the molecule is Fc1ccc(C(/C=C/C=C(/NCCNc2ccnc3cc(Cl)ccc23)c2ccc(F)cc2)=NCCNc2ccnc3cc(Cl)ccc23)cc1. The predicted octanol–water partition coefficient (Wildman–Crippen LogP) is 9.57. The fourth-order valence-electron chi connectivity index (χ4n) is 5.30. The van der Waals surface area contributed by atoms with Crippen LogP contribution in [0.15, 0.2) is 133 Å². The van der Waals surface area contributed by atoms with E-state index >= 15 is 0 Å². The minimum Gasteiger partial charge on any atom is -0.383 e. The molecule has 10 heteroatoms. The summed E-state index contributed by atoms with van der Waals surface area (Å²) in [6.45, 7) is 2.21. The highest BCUT2D eigenvalue weighted by Crippen LogP contribution is 2.25. The van der Waals surface area contributed by atoms with Crippen molar-refractivity contribution in [2.75, 3.05) is 36.8 Å². The van der Waals surface area contributed by atoms with Crippen LogP contribution in [0.3, 0.4) is 0 Å². The molecule has 0 spiro atoms. The second kappa shape index (κ2) is 16.2. The van der Waals surface area contributed by atoms with Crippen LogP contribution in [0.25, 0.3) is 27.5 Å². The van der Waals surface area contributed by atoms with Crippen LogP contribution in [-0.2, 0) is 0 Å². The van der Waals surface area contributed by atoms with Crippen LogP contribution in [0.5, 0.6) is 0 Å². The predicted molar refractivity (Wildman–Crippen MR) is 200 cm³/mol. The van der Waals surface area contributed by atoms with Gasteiger partial charge in [-0.3, -0.25) is 15.0 Å². The van der Waals surface area contributed by atoms with Crippen molar-refractivity contribution >= 4 is 67.8 Å². The normalized spacial score (nSPS) is 12.2. The Kier molecular flexibility index (Phi) is 11.1. The van der Waals surface area contributed by atoms with Gasteiger partial charge in [0.25, 0.3) is 0 Å². The number of pyridine rings is 2. The zero-order valence-corrected chi connectivity index (χ0v) is 27.8. The van der Waals surface area contributed by atoms with Crippen LogP contribution in [0, 0.1) is 11.6 Å². The molecule has 0 aliphatic heterocycles. The molecule has 0 saturated carbocycles. The van der Waals surface area contributed by atoms with E-state index in [2.05, 4.69) is 25.9 Å². The largest absolute Gasteiger partial charge is 0.383 e. The molecular formula is C39H32Cl2F2N6. The fourth-order valence-corrected chi connectivity index (χ4v) is 5.63. The Labute approximate surface area is 293 Å². The lowest BCUT2D eigenvalue weighted by Crippen LogP contribution is -2.21. The number of halogens is 4. The van der Waals surface area contributed by atoms with E-state index in [1.54, 1.807) is 36.7 Å². The zero-order valence-electron chi connectivity index (χ0n) is 26.3. The van der Waals surface area contributed by atoms with E-state index in [1.165, 1.54) is 24.3 Å². The number of nitrogens with one attached hydrogen (secondary N) is 3. The maximum Gasteiger partial charge on any atom is 0.123 e. The summed E-state index contributed by atoms with van der Waals surface area (Å²) in [5.41, 5.74) is 6.60. The number of benzene rings is 4. The first kappa shape index (κ1) is 33.6. The van der Waals surface area contributed by atoms with Crippen molar-refractivity contribution in [3.8, 4) is 0 Å². The number of aliphatic imine (C=N–C) groups is 1. The highest BCUT2D eigenvalue weighted by Gasteiger charge is 2.06. The highest BCUT2D eigenvalue weighted by molar-refractivity contribution is 6.31. The molecule has 0 unspecified atom stereocenters. The molecule has 49 heavy (non-hydrogen) atoms. The molecule has 246 valence electrons. The molecule has 3 N–H and O–H groups in total. The Hall–Kier alpha value is -5.31. The number of allylic oxidation sites excluding steroid dienone is 3. The van der Waals surface area contributed by atoms with Crippen LogP contribution >= 0.6 is 23.2 Å². The van der Waals surface area contributed by atoms with Gasteiger partial charge >= 0.3 is 0 Å². The van der Waals surface area contributed by atoms with Gasteiger partial charge in [0, 0.05) is 69.9 Å². The standard InChI is InChI=1S/C39H32Cl2F2N6/c40-28-8-14-32-36(16-18-44-38(32)24-28)48-22-20-46-34(26-4-10-30(42)11-5-26)2-1-3-35(27-6-12-31(43)13-7-27)47-21-23-49-37-17-19-45-39-25-29(41)9-15-33(37)39/h1-19,24-25,46H,20-23H2,(H,44,48)(H,45,49)/b3-1+,34-2+,47-35?. The molecule has 6 rings (SSSR count).